The first-order chi connectivity index (χ1) is 11.0. The van der Waals surface area contributed by atoms with Crippen LogP contribution in [0.15, 0.2) is 0 Å². The zero-order valence-electron chi connectivity index (χ0n) is 14.5. The molecule has 0 saturated heterocycles. The van der Waals surface area contributed by atoms with Gasteiger partial charge in [0.2, 0.25) is 0 Å². The van der Waals surface area contributed by atoms with Gasteiger partial charge in [0.15, 0.2) is 0 Å². The number of aliphatic carboxylic acids is 1. The van der Waals surface area contributed by atoms with Gasteiger partial charge < -0.3 is 25.5 Å². The fraction of sp³-hybridized carbons (Fsp3) is 0.941. The van der Waals surface area contributed by atoms with E-state index in [0.29, 0.717) is 6.42 Å². The van der Waals surface area contributed by atoms with Gasteiger partial charge in [0.05, 0.1) is 31.8 Å². The van der Waals surface area contributed by atoms with Crippen molar-refractivity contribution in [3.63, 3.8) is 0 Å². The summed E-state index contributed by atoms with van der Waals surface area (Å²) in [6, 6.07) is 0. The lowest BCUT2D eigenvalue weighted by atomic mass is 9.93. The predicted molar refractivity (Wildman–Crippen MR) is 90.3 cm³/mol. The van der Waals surface area contributed by atoms with E-state index in [1.807, 2.05) is 0 Å². The van der Waals surface area contributed by atoms with E-state index in [1.165, 1.54) is 44.9 Å². The van der Waals surface area contributed by atoms with E-state index in [0.717, 1.165) is 12.8 Å². The summed E-state index contributed by atoms with van der Waals surface area (Å²) >= 11 is 0. The summed E-state index contributed by atoms with van der Waals surface area (Å²) in [5.74, 6) is -0.659. The van der Waals surface area contributed by atoms with Crippen molar-refractivity contribution in [1.29, 1.82) is 0 Å². The average Bonchev–Trinajstić information content (AvgIpc) is 2.56. The zero-order chi connectivity index (χ0) is 18.0. The highest BCUT2D eigenvalue weighted by Gasteiger charge is 2.26. The normalized spacial score (nSPS) is 11.0. The maximum absolute atomic E-state index is 10.2. The van der Waals surface area contributed by atoms with Gasteiger partial charge in [-0.25, -0.2) is 0 Å². The lowest BCUT2D eigenvalue weighted by Gasteiger charge is -2.23. The van der Waals surface area contributed by atoms with Crippen LogP contribution in [0.4, 0.5) is 0 Å². The van der Waals surface area contributed by atoms with Crippen LogP contribution in [-0.4, -0.2) is 57.9 Å². The SMILES string of the molecule is CCCCCCCCCCCC(=O)O.OCC(CO)(CO)CO. The minimum Gasteiger partial charge on any atom is -0.481 e. The molecule has 0 atom stereocenters. The molecule has 0 aliphatic heterocycles. The Morgan fingerprint density at radius 3 is 1.30 bits per heavy atom. The Bertz CT molecular complexity index is 236. The second-order valence-electron chi connectivity index (χ2n) is 6.10. The Hall–Kier alpha value is -0.690. The largest absolute Gasteiger partial charge is 0.481 e. The van der Waals surface area contributed by atoms with Gasteiger partial charge in [-0.3, -0.25) is 4.79 Å². The highest BCUT2D eigenvalue weighted by molar-refractivity contribution is 5.66. The van der Waals surface area contributed by atoms with Gasteiger partial charge in [-0.15, -0.1) is 0 Å². The van der Waals surface area contributed by atoms with Crippen molar-refractivity contribution in [2.45, 2.75) is 71.1 Å². The van der Waals surface area contributed by atoms with Crippen LogP contribution < -0.4 is 0 Å². The number of aliphatic hydroxyl groups excluding tert-OH is 4. The maximum Gasteiger partial charge on any atom is 0.303 e. The molecule has 0 aromatic carbocycles. The number of carboxylic acid groups (broad SMARTS) is 1. The summed E-state index contributed by atoms with van der Waals surface area (Å²) in [5.41, 5.74) is -1.11. The van der Waals surface area contributed by atoms with Crippen LogP contribution in [0.5, 0.6) is 0 Å². The van der Waals surface area contributed by atoms with Crippen molar-refractivity contribution >= 4 is 5.97 Å². The Kier molecular flexibility index (Phi) is 18.9. The van der Waals surface area contributed by atoms with Crippen LogP contribution in [0.2, 0.25) is 0 Å². The molecule has 0 aliphatic carbocycles. The highest BCUT2D eigenvalue weighted by atomic mass is 16.4. The highest BCUT2D eigenvalue weighted by Crippen LogP contribution is 2.12. The molecule has 6 heteroatoms. The van der Waals surface area contributed by atoms with E-state index in [-0.39, 0.29) is 0 Å². The Labute approximate surface area is 140 Å². The molecular weight excluding hydrogens is 300 g/mol. The molecule has 0 aliphatic rings. The van der Waals surface area contributed by atoms with Crippen molar-refractivity contribution in [3.8, 4) is 0 Å². The summed E-state index contributed by atoms with van der Waals surface area (Å²) in [4.78, 5) is 10.2. The first kappa shape index (κ1) is 24.6. The second-order valence-corrected chi connectivity index (χ2v) is 6.10. The van der Waals surface area contributed by atoms with Crippen molar-refractivity contribution in [3.05, 3.63) is 0 Å². The molecule has 0 amide bonds. The van der Waals surface area contributed by atoms with Gasteiger partial charge in [0.1, 0.15) is 0 Å². The van der Waals surface area contributed by atoms with E-state index in [9.17, 15) is 4.79 Å². The standard InChI is InChI=1S/C12H24O2.C5H12O4/c1-2-3-4-5-6-7-8-9-10-11-12(13)14;6-1-5(2-7,3-8)4-9/h2-11H2,1H3,(H,13,14);6-9H,1-4H2. The number of rotatable bonds is 14. The molecule has 0 aromatic heterocycles. The summed E-state index contributed by atoms with van der Waals surface area (Å²) in [6.45, 7) is 0.603. The van der Waals surface area contributed by atoms with Crippen LogP contribution in [0, 0.1) is 5.41 Å². The third-order valence-corrected chi connectivity index (χ3v) is 3.84. The van der Waals surface area contributed by atoms with E-state index < -0.39 is 37.8 Å². The number of unbranched alkanes of at least 4 members (excludes halogenated alkanes) is 8. The van der Waals surface area contributed by atoms with Crippen molar-refractivity contribution in [2.75, 3.05) is 26.4 Å². The topological polar surface area (TPSA) is 118 Å². The third-order valence-electron chi connectivity index (χ3n) is 3.84. The third kappa shape index (κ3) is 16.0. The van der Waals surface area contributed by atoms with E-state index in [1.54, 1.807) is 0 Å². The Morgan fingerprint density at radius 2 is 1.04 bits per heavy atom. The first-order valence-electron chi connectivity index (χ1n) is 8.67. The predicted octanol–water partition coefficient (Wildman–Crippen LogP) is 1.93. The number of carboxylic acids is 1. The zero-order valence-corrected chi connectivity index (χ0v) is 14.5. The lowest BCUT2D eigenvalue weighted by molar-refractivity contribution is -0.137. The Morgan fingerprint density at radius 1 is 0.696 bits per heavy atom. The molecule has 0 saturated carbocycles. The summed E-state index contributed by atoms with van der Waals surface area (Å²) in [5, 5.41) is 42.4. The summed E-state index contributed by atoms with van der Waals surface area (Å²) in [7, 11) is 0. The molecule has 0 bridgehead atoms. The Balaban J connectivity index is 0. The molecule has 5 N–H and O–H groups in total. The molecule has 0 aromatic rings. The van der Waals surface area contributed by atoms with Gasteiger partial charge in [-0.1, -0.05) is 58.3 Å². The van der Waals surface area contributed by atoms with Crippen LogP contribution in [0.1, 0.15) is 71.1 Å². The van der Waals surface area contributed by atoms with Crippen LogP contribution in [-0.2, 0) is 4.79 Å². The second kappa shape index (κ2) is 17.7. The number of aliphatic hydroxyl groups is 4. The van der Waals surface area contributed by atoms with Gasteiger partial charge in [-0.05, 0) is 6.42 Å². The lowest BCUT2D eigenvalue weighted by Crippen LogP contribution is -2.37. The van der Waals surface area contributed by atoms with E-state index >= 15 is 0 Å². The van der Waals surface area contributed by atoms with Crippen molar-refractivity contribution < 1.29 is 30.3 Å². The molecule has 0 heterocycles. The van der Waals surface area contributed by atoms with E-state index in [2.05, 4.69) is 6.92 Å². The average molecular weight is 336 g/mol. The van der Waals surface area contributed by atoms with Gasteiger partial charge in [-0.2, -0.15) is 0 Å². The van der Waals surface area contributed by atoms with Gasteiger partial charge in [0, 0.05) is 6.42 Å². The first-order valence-corrected chi connectivity index (χ1v) is 8.67. The fourth-order valence-corrected chi connectivity index (χ4v) is 1.89. The molecule has 140 valence electrons. The molecule has 6 nitrogen and oxygen atoms in total. The van der Waals surface area contributed by atoms with Gasteiger partial charge >= 0.3 is 5.97 Å². The van der Waals surface area contributed by atoms with Crippen LogP contribution in [0.3, 0.4) is 0 Å². The monoisotopic (exact) mass is 336 g/mol. The van der Waals surface area contributed by atoms with E-state index in [4.69, 9.17) is 25.5 Å². The number of hydrogen-bond acceptors (Lipinski definition) is 5. The molecular formula is C17H36O6. The molecule has 0 radical (unpaired) electrons. The molecule has 0 unspecified atom stereocenters. The minimum absolute atomic E-state index is 0.343. The summed E-state index contributed by atoms with van der Waals surface area (Å²) < 4.78 is 0. The number of hydrogen-bond donors (Lipinski definition) is 5. The van der Waals surface area contributed by atoms with Gasteiger partial charge in [0.25, 0.3) is 0 Å². The minimum atomic E-state index is -1.11. The molecule has 23 heavy (non-hydrogen) atoms. The molecule has 0 rings (SSSR count). The fourth-order valence-electron chi connectivity index (χ4n) is 1.89. The summed E-state index contributed by atoms with van der Waals surface area (Å²) in [6.07, 6.45) is 11.5. The van der Waals surface area contributed by atoms with Crippen molar-refractivity contribution in [2.24, 2.45) is 5.41 Å². The van der Waals surface area contributed by atoms with Crippen molar-refractivity contribution in [1.82, 2.24) is 0 Å². The maximum atomic E-state index is 10.2. The van der Waals surface area contributed by atoms with Crippen LogP contribution in [0.25, 0.3) is 0 Å². The van der Waals surface area contributed by atoms with Crippen LogP contribution >= 0.6 is 0 Å². The smallest absolute Gasteiger partial charge is 0.303 e. The molecule has 0 fully saturated rings. The molecule has 0 spiro atoms. The quantitative estimate of drug-likeness (QED) is 0.309. The number of carbonyl (C=O) groups is 1.